The molecule has 0 N–H and O–H groups in total. The summed E-state index contributed by atoms with van der Waals surface area (Å²) >= 11 is 0. The molecule has 0 aliphatic carbocycles. The molecule has 1 aromatic heterocycles. The highest BCUT2D eigenvalue weighted by Gasteiger charge is 2.33. The van der Waals surface area contributed by atoms with Crippen molar-refractivity contribution in [1.29, 1.82) is 0 Å². The number of piperidine rings is 1. The van der Waals surface area contributed by atoms with Gasteiger partial charge in [-0.3, -0.25) is 9.78 Å². The van der Waals surface area contributed by atoms with Crippen LogP contribution in [0.1, 0.15) is 43.7 Å². The van der Waals surface area contributed by atoms with Crippen molar-refractivity contribution in [2.45, 2.75) is 44.0 Å². The van der Waals surface area contributed by atoms with Crippen LogP contribution in [0.5, 0.6) is 0 Å². The fourth-order valence-electron chi connectivity index (χ4n) is 3.67. The van der Waals surface area contributed by atoms with Gasteiger partial charge in [0, 0.05) is 45.0 Å². The van der Waals surface area contributed by atoms with Gasteiger partial charge in [0.2, 0.25) is 15.9 Å². The number of carbonyl (C=O) groups excluding carboxylic acids is 1. The van der Waals surface area contributed by atoms with Gasteiger partial charge in [-0.2, -0.15) is 4.31 Å². The Bertz CT molecular complexity index is 920. The van der Waals surface area contributed by atoms with E-state index >= 15 is 0 Å². The van der Waals surface area contributed by atoms with Gasteiger partial charge in [0.25, 0.3) is 0 Å². The molecule has 1 aliphatic rings. The van der Waals surface area contributed by atoms with Crippen LogP contribution in [-0.2, 0) is 21.4 Å². The Morgan fingerprint density at radius 3 is 2.24 bits per heavy atom. The van der Waals surface area contributed by atoms with E-state index in [1.807, 2.05) is 24.3 Å². The maximum absolute atomic E-state index is 12.9. The summed E-state index contributed by atoms with van der Waals surface area (Å²) < 4.78 is 27.4. The summed E-state index contributed by atoms with van der Waals surface area (Å²) in [4.78, 5) is 18.8. The van der Waals surface area contributed by atoms with Gasteiger partial charge in [-0.05, 0) is 54.2 Å². The van der Waals surface area contributed by atoms with Gasteiger partial charge in [-0.1, -0.05) is 26.0 Å². The Morgan fingerprint density at radius 2 is 1.69 bits per heavy atom. The van der Waals surface area contributed by atoms with Crippen LogP contribution in [0.15, 0.2) is 53.7 Å². The first-order chi connectivity index (χ1) is 13.8. The molecule has 0 atom stereocenters. The van der Waals surface area contributed by atoms with E-state index in [0.29, 0.717) is 43.3 Å². The molecule has 0 saturated carbocycles. The van der Waals surface area contributed by atoms with Crippen molar-refractivity contribution >= 4 is 15.9 Å². The highest BCUT2D eigenvalue weighted by atomic mass is 32.2. The van der Waals surface area contributed by atoms with Gasteiger partial charge in [-0.15, -0.1) is 0 Å². The summed E-state index contributed by atoms with van der Waals surface area (Å²) in [6.45, 7) is 5.43. The van der Waals surface area contributed by atoms with E-state index in [4.69, 9.17) is 0 Å². The largest absolute Gasteiger partial charge is 0.341 e. The summed E-state index contributed by atoms with van der Waals surface area (Å²) in [7, 11) is -1.73. The number of nitrogens with zero attached hydrogens (tertiary/aromatic N) is 3. The van der Waals surface area contributed by atoms with E-state index in [2.05, 4.69) is 18.8 Å². The third-order valence-corrected chi connectivity index (χ3v) is 7.45. The van der Waals surface area contributed by atoms with E-state index in [1.165, 1.54) is 4.31 Å². The molecular formula is C22H29N3O3S. The van der Waals surface area contributed by atoms with E-state index in [0.717, 1.165) is 11.1 Å². The zero-order valence-corrected chi connectivity index (χ0v) is 18.1. The van der Waals surface area contributed by atoms with Gasteiger partial charge in [0.15, 0.2) is 0 Å². The Kier molecular flexibility index (Phi) is 6.70. The first kappa shape index (κ1) is 21.5. The molecule has 2 heterocycles. The molecular weight excluding hydrogens is 386 g/mol. The monoisotopic (exact) mass is 415 g/mol. The first-order valence-electron chi connectivity index (χ1n) is 10.0. The van der Waals surface area contributed by atoms with Crippen LogP contribution in [0.4, 0.5) is 0 Å². The molecule has 0 bridgehead atoms. The van der Waals surface area contributed by atoms with Gasteiger partial charge in [0.05, 0.1) is 4.90 Å². The minimum absolute atomic E-state index is 0.0696. The van der Waals surface area contributed by atoms with E-state index in [-0.39, 0.29) is 11.8 Å². The van der Waals surface area contributed by atoms with Crippen LogP contribution < -0.4 is 0 Å². The van der Waals surface area contributed by atoms with Crippen LogP contribution in [0.25, 0.3) is 0 Å². The zero-order chi connectivity index (χ0) is 21.0. The summed E-state index contributed by atoms with van der Waals surface area (Å²) in [5.41, 5.74) is 2.14. The average Bonchev–Trinajstić information content (AvgIpc) is 2.74. The number of amides is 1. The normalized spacial score (nSPS) is 16.1. The lowest BCUT2D eigenvalue weighted by atomic mass is 9.96. The van der Waals surface area contributed by atoms with Crippen molar-refractivity contribution in [2.24, 2.45) is 5.92 Å². The molecule has 156 valence electrons. The third-order valence-electron chi connectivity index (χ3n) is 5.53. The molecule has 0 unspecified atom stereocenters. The first-order valence-corrected chi connectivity index (χ1v) is 11.5. The Morgan fingerprint density at radius 1 is 1.10 bits per heavy atom. The average molecular weight is 416 g/mol. The maximum atomic E-state index is 12.9. The number of hydrogen-bond donors (Lipinski definition) is 0. The fraction of sp³-hybridized carbons (Fsp3) is 0.455. The third kappa shape index (κ3) is 5.03. The minimum atomic E-state index is -3.52. The number of benzene rings is 1. The van der Waals surface area contributed by atoms with Crippen molar-refractivity contribution in [3.63, 3.8) is 0 Å². The molecule has 1 fully saturated rings. The molecule has 3 rings (SSSR count). The number of aromatic nitrogens is 1. The van der Waals surface area contributed by atoms with Crippen molar-refractivity contribution in [3.05, 3.63) is 59.9 Å². The molecule has 6 nitrogen and oxygen atoms in total. The van der Waals surface area contributed by atoms with Crippen LogP contribution >= 0.6 is 0 Å². The fourth-order valence-corrected chi connectivity index (χ4v) is 5.14. The predicted molar refractivity (Wildman–Crippen MR) is 113 cm³/mol. The minimum Gasteiger partial charge on any atom is -0.341 e. The molecule has 1 saturated heterocycles. The molecule has 1 amide bonds. The summed E-state index contributed by atoms with van der Waals surface area (Å²) in [5.74, 6) is 0.286. The SMILES string of the molecule is CC(C)c1ccc(S(=O)(=O)N2CCC(C(=O)N(C)Cc3ccncc3)CC2)cc1. The second kappa shape index (κ2) is 9.05. The van der Waals surface area contributed by atoms with Crippen molar-refractivity contribution < 1.29 is 13.2 Å². The summed E-state index contributed by atoms with van der Waals surface area (Å²) in [5, 5.41) is 0. The lowest BCUT2D eigenvalue weighted by Crippen LogP contribution is -2.43. The van der Waals surface area contributed by atoms with Crippen molar-refractivity contribution in [3.8, 4) is 0 Å². The molecule has 1 aromatic carbocycles. The standard InChI is InChI=1S/C22H29N3O3S/c1-17(2)19-4-6-21(7-5-19)29(27,28)25-14-10-20(11-15-25)22(26)24(3)16-18-8-12-23-13-9-18/h4-9,12-13,17,20H,10-11,14-16H2,1-3H3. The quantitative estimate of drug-likeness (QED) is 0.726. The lowest BCUT2D eigenvalue weighted by Gasteiger charge is -2.32. The number of carbonyl (C=O) groups is 1. The molecule has 0 spiro atoms. The molecule has 29 heavy (non-hydrogen) atoms. The number of sulfonamides is 1. The van der Waals surface area contributed by atoms with Crippen LogP contribution in [-0.4, -0.2) is 48.7 Å². The second-order valence-corrected chi connectivity index (χ2v) is 9.89. The van der Waals surface area contributed by atoms with Crippen LogP contribution in [0, 0.1) is 5.92 Å². The Labute approximate surface area is 173 Å². The zero-order valence-electron chi connectivity index (χ0n) is 17.3. The molecule has 1 aliphatic heterocycles. The maximum Gasteiger partial charge on any atom is 0.243 e. The topological polar surface area (TPSA) is 70.6 Å². The van der Waals surface area contributed by atoms with Crippen LogP contribution in [0.2, 0.25) is 0 Å². The Balaban J connectivity index is 1.59. The lowest BCUT2D eigenvalue weighted by molar-refractivity contribution is -0.135. The summed E-state index contributed by atoms with van der Waals surface area (Å²) in [6.07, 6.45) is 4.51. The molecule has 7 heteroatoms. The molecule has 0 radical (unpaired) electrons. The van der Waals surface area contributed by atoms with Gasteiger partial charge in [-0.25, -0.2) is 8.42 Å². The van der Waals surface area contributed by atoms with Crippen LogP contribution in [0.3, 0.4) is 0 Å². The number of hydrogen-bond acceptors (Lipinski definition) is 4. The van der Waals surface area contributed by atoms with E-state index < -0.39 is 10.0 Å². The number of rotatable bonds is 6. The predicted octanol–water partition coefficient (Wildman–Crippen LogP) is 3.26. The van der Waals surface area contributed by atoms with Crippen molar-refractivity contribution in [1.82, 2.24) is 14.2 Å². The highest BCUT2D eigenvalue weighted by molar-refractivity contribution is 7.89. The van der Waals surface area contributed by atoms with E-state index in [9.17, 15) is 13.2 Å². The van der Waals surface area contributed by atoms with Gasteiger partial charge < -0.3 is 4.90 Å². The number of pyridine rings is 1. The van der Waals surface area contributed by atoms with E-state index in [1.54, 1.807) is 36.5 Å². The summed E-state index contributed by atoms with van der Waals surface area (Å²) in [6, 6.07) is 10.9. The van der Waals surface area contributed by atoms with Gasteiger partial charge in [0.1, 0.15) is 0 Å². The highest BCUT2D eigenvalue weighted by Crippen LogP contribution is 2.26. The van der Waals surface area contributed by atoms with Gasteiger partial charge >= 0.3 is 0 Å². The Hall–Kier alpha value is -2.25. The molecule has 2 aromatic rings. The smallest absolute Gasteiger partial charge is 0.243 e. The second-order valence-electron chi connectivity index (χ2n) is 7.95. The van der Waals surface area contributed by atoms with Crippen molar-refractivity contribution in [2.75, 3.05) is 20.1 Å².